The molecule has 1 aromatic heterocycles. The van der Waals surface area contributed by atoms with E-state index in [1.165, 1.54) is 9.21 Å². The molecule has 8 nitrogen and oxygen atoms in total. The van der Waals surface area contributed by atoms with Crippen molar-refractivity contribution in [1.82, 2.24) is 19.4 Å². The summed E-state index contributed by atoms with van der Waals surface area (Å²) in [6, 6.07) is -0.185. The number of hydrogen-bond donors (Lipinski definition) is 1. The average Bonchev–Trinajstić information content (AvgIpc) is 3.02. The molecule has 0 unspecified atom stereocenters. The molecule has 0 aliphatic carbocycles. The summed E-state index contributed by atoms with van der Waals surface area (Å²) in [5.41, 5.74) is 0.976. The summed E-state index contributed by atoms with van der Waals surface area (Å²) in [7, 11) is -3.60. The van der Waals surface area contributed by atoms with E-state index in [4.69, 9.17) is 0 Å². The van der Waals surface area contributed by atoms with Gasteiger partial charge in [-0.1, -0.05) is 0 Å². The lowest BCUT2D eigenvalue weighted by atomic mass is 10.1. The smallest absolute Gasteiger partial charge is 0.246 e. The predicted octanol–water partition coefficient (Wildman–Crippen LogP) is 0.329. The van der Waals surface area contributed by atoms with E-state index in [0.717, 1.165) is 0 Å². The third-order valence-electron chi connectivity index (χ3n) is 4.54. The van der Waals surface area contributed by atoms with Gasteiger partial charge in [-0.25, -0.2) is 8.42 Å². The highest BCUT2D eigenvalue weighted by molar-refractivity contribution is 7.89. The topological polar surface area (TPSA) is 103 Å². The molecule has 1 aromatic rings. The monoisotopic (exact) mass is 340 g/mol. The van der Waals surface area contributed by atoms with Crippen molar-refractivity contribution in [3.05, 3.63) is 11.4 Å². The van der Waals surface area contributed by atoms with Crippen molar-refractivity contribution in [2.75, 3.05) is 13.1 Å². The fraction of sp³-hybridized carbons (Fsp3) is 0.643. The van der Waals surface area contributed by atoms with Gasteiger partial charge in [-0.3, -0.25) is 19.6 Å². The quantitative estimate of drug-likeness (QED) is 0.799. The molecule has 2 aliphatic heterocycles. The molecule has 0 atom stereocenters. The molecule has 2 fully saturated rings. The van der Waals surface area contributed by atoms with E-state index in [9.17, 15) is 18.0 Å². The first-order valence-electron chi connectivity index (χ1n) is 7.69. The maximum Gasteiger partial charge on any atom is 0.246 e. The van der Waals surface area contributed by atoms with Crippen molar-refractivity contribution in [1.29, 1.82) is 0 Å². The number of amides is 2. The molecule has 0 radical (unpaired) electrons. The van der Waals surface area contributed by atoms with Crippen molar-refractivity contribution < 1.29 is 18.0 Å². The van der Waals surface area contributed by atoms with Gasteiger partial charge < -0.3 is 0 Å². The summed E-state index contributed by atoms with van der Waals surface area (Å²) in [6.45, 7) is 3.94. The first-order chi connectivity index (χ1) is 10.8. The van der Waals surface area contributed by atoms with Crippen LogP contribution in [0.1, 0.15) is 37.1 Å². The van der Waals surface area contributed by atoms with Gasteiger partial charge in [0.05, 0.1) is 11.4 Å². The SMILES string of the molecule is Cc1n[nH]c(C)c1S(=O)(=O)N1CCC(N2C(=O)CCC2=O)CC1. The number of likely N-dealkylation sites (tertiary alicyclic amines) is 1. The second-order valence-corrected chi connectivity index (χ2v) is 7.93. The van der Waals surface area contributed by atoms with Crippen LogP contribution in [0, 0.1) is 13.8 Å². The normalized spacial score (nSPS) is 21.4. The first kappa shape index (κ1) is 16.1. The van der Waals surface area contributed by atoms with Gasteiger partial charge >= 0.3 is 0 Å². The molecule has 0 aromatic carbocycles. The number of H-pyrrole nitrogens is 1. The zero-order valence-corrected chi connectivity index (χ0v) is 14.0. The molecule has 3 heterocycles. The molecule has 0 spiro atoms. The van der Waals surface area contributed by atoms with Crippen LogP contribution in [0.4, 0.5) is 0 Å². The van der Waals surface area contributed by atoms with E-state index in [2.05, 4.69) is 10.2 Å². The lowest BCUT2D eigenvalue weighted by Crippen LogP contribution is -2.48. The van der Waals surface area contributed by atoms with Gasteiger partial charge in [-0.2, -0.15) is 9.40 Å². The Morgan fingerprint density at radius 2 is 1.65 bits per heavy atom. The van der Waals surface area contributed by atoms with E-state index in [0.29, 0.717) is 37.3 Å². The minimum Gasteiger partial charge on any atom is -0.281 e. The zero-order chi connectivity index (χ0) is 16.8. The molecule has 2 amide bonds. The Balaban J connectivity index is 1.74. The fourth-order valence-corrected chi connectivity index (χ4v) is 5.19. The van der Waals surface area contributed by atoms with Crippen LogP contribution in [0.15, 0.2) is 4.90 Å². The van der Waals surface area contributed by atoms with Gasteiger partial charge in [0.25, 0.3) is 0 Å². The van der Waals surface area contributed by atoms with E-state index in [1.807, 2.05) is 0 Å². The van der Waals surface area contributed by atoms with Crippen LogP contribution >= 0.6 is 0 Å². The maximum atomic E-state index is 12.8. The molecule has 1 N–H and O–H groups in total. The van der Waals surface area contributed by atoms with Crippen LogP contribution in [-0.2, 0) is 19.6 Å². The Labute approximate surface area is 134 Å². The second-order valence-electron chi connectivity index (χ2n) is 6.06. The number of carbonyl (C=O) groups excluding carboxylic acids is 2. The highest BCUT2D eigenvalue weighted by Gasteiger charge is 2.39. The molecule has 2 saturated heterocycles. The number of hydrogen-bond acceptors (Lipinski definition) is 5. The Kier molecular flexibility index (Phi) is 4.01. The summed E-state index contributed by atoms with van der Waals surface area (Å²) in [4.78, 5) is 25.2. The Hall–Kier alpha value is -1.74. The lowest BCUT2D eigenvalue weighted by Gasteiger charge is -2.35. The van der Waals surface area contributed by atoms with Gasteiger partial charge in [0, 0.05) is 32.0 Å². The molecule has 9 heteroatoms. The zero-order valence-electron chi connectivity index (χ0n) is 13.2. The highest BCUT2D eigenvalue weighted by atomic mass is 32.2. The van der Waals surface area contributed by atoms with E-state index < -0.39 is 10.0 Å². The number of piperidine rings is 1. The standard InChI is InChI=1S/C14H20N4O4S/c1-9-14(10(2)16-15-9)23(21,22)17-7-5-11(6-8-17)18-12(19)3-4-13(18)20/h11H,3-8H2,1-2H3,(H,15,16). The Morgan fingerprint density at radius 1 is 1.09 bits per heavy atom. The summed E-state index contributed by atoms with van der Waals surface area (Å²) in [5, 5.41) is 6.64. The van der Waals surface area contributed by atoms with Crippen molar-refractivity contribution in [3.8, 4) is 0 Å². The average molecular weight is 340 g/mol. The number of sulfonamides is 1. The van der Waals surface area contributed by atoms with Crippen molar-refractivity contribution in [3.63, 3.8) is 0 Å². The summed E-state index contributed by atoms with van der Waals surface area (Å²) >= 11 is 0. The van der Waals surface area contributed by atoms with Crippen LogP contribution < -0.4 is 0 Å². The number of imide groups is 1. The summed E-state index contributed by atoms with van der Waals surface area (Å²) < 4.78 is 26.9. The molecular formula is C14H20N4O4S. The maximum absolute atomic E-state index is 12.8. The lowest BCUT2D eigenvalue weighted by molar-refractivity contribution is -0.141. The number of nitrogens with zero attached hydrogens (tertiary/aromatic N) is 3. The van der Waals surface area contributed by atoms with Gasteiger partial charge in [-0.05, 0) is 26.7 Å². The van der Waals surface area contributed by atoms with E-state index >= 15 is 0 Å². The fourth-order valence-electron chi connectivity index (χ4n) is 3.39. The molecular weight excluding hydrogens is 320 g/mol. The number of aryl methyl sites for hydroxylation is 2. The van der Waals surface area contributed by atoms with Gasteiger partial charge in [0.2, 0.25) is 21.8 Å². The van der Waals surface area contributed by atoms with E-state index in [-0.39, 0.29) is 35.6 Å². The van der Waals surface area contributed by atoms with Crippen molar-refractivity contribution >= 4 is 21.8 Å². The van der Waals surface area contributed by atoms with Crippen molar-refractivity contribution in [2.45, 2.75) is 50.5 Å². The summed E-state index contributed by atoms with van der Waals surface area (Å²) in [6.07, 6.45) is 1.49. The first-order valence-corrected chi connectivity index (χ1v) is 9.13. The van der Waals surface area contributed by atoms with Crippen LogP contribution in [-0.4, -0.2) is 58.8 Å². The number of aromatic nitrogens is 2. The van der Waals surface area contributed by atoms with Gasteiger partial charge in [-0.15, -0.1) is 0 Å². The van der Waals surface area contributed by atoms with Crippen LogP contribution in [0.25, 0.3) is 0 Å². The summed E-state index contributed by atoms with van der Waals surface area (Å²) in [5.74, 6) is -0.282. The van der Waals surface area contributed by atoms with Gasteiger partial charge in [0.15, 0.2) is 0 Å². The van der Waals surface area contributed by atoms with Crippen LogP contribution in [0.2, 0.25) is 0 Å². The molecule has 3 rings (SSSR count). The van der Waals surface area contributed by atoms with E-state index in [1.54, 1.807) is 13.8 Å². The third-order valence-corrected chi connectivity index (χ3v) is 6.70. The minimum absolute atomic E-state index is 0.141. The highest BCUT2D eigenvalue weighted by Crippen LogP contribution is 2.28. The molecule has 2 aliphatic rings. The predicted molar refractivity (Wildman–Crippen MR) is 80.9 cm³/mol. The van der Waals surface area contributed by atoms with Crippen molar-refractivity contribution in [2.24, 2.45) is 0 Å². The molecule has 0 saturated carbocycles. The van der Waals surface area contributed by atoms with Gasteiger partial charge in [0.1, 0.15) is 4.90 Å². The number of carbonyl (C=O) groups is 2. The molecule has 126 valence electrons. The van der Waals surface area contributed by atoms with Crippen LogP contribution in [0.5, 0.6) is 0 Å². The number of nitrogens with one attached hydrogen (secondary N) is 1. The second kappa shape index (κ2) is 5.72. The molecule has 0 bridgehead atoms. The third kappa shape index (κ3) is 2.67. The molecule has 23 heavy (non-hydrogen) atoms. The number of rotatable bonds is 3. The van der Waals surface area contributed by atoms with Crippen LogP contribution in [0.3, 0.4) is 0 Å². The minimum atomic E-state index is -3.60. The number of aromatic amines is 1. The Bertz CT molecular complexity index is 711. The largest absolute Gasteiger partial charge is 0.281 e. The Morgan fingerprint density at radius 3 is 2.13 bits per heavy atom.